The van der Waals surface area contributed by atoms with E-state index in [9.17, 15) is 24.0 Å². The molecule has 9 heteroatoms. The molecule has 188 valence electrons. The second kappa shape index (κ2) is 9.93. The van der Waals surface area contributed by atoms with Crippen LogP contribution in [0.1, 0.15) is 67.6 Å². The molecule has 0 aromatic heterocycles. The van der Waals surface area contributed by atoms with Crippen LogP contribution < -0.4 is 16.0 Å². The highest BCUT2D eigenvalue weighted by Crippen LogP contribution is 2.33. The van der Waals surface area contributed by atoms with Gasteiger partial charge in [-0.05, 0) is 29.5 Å². The van der Waals surface area contributed by atoms with E-state index < -0.39 is 23.9 Å². The van der Waals surface area contributed by atoms with E-state index in [0.29, 0.717) is 22.4 Å². The molecule has 1 saturated heterocycles. The minimum atomic E-state index is -0.930. The van der Waals surface area contributed by atoms with Gasteiger partial charge in [0.15, 0.2) is 0 Å². The second-order valence-electron chi connectivity index (χ2n) is 10.4. The van der Waals surface area contributed by atoms with Crippen molar-refractivity contribution < 1.29 is 24.0 Å². The summed E-state index contributed by atoms with van der Waals surface area (Å²) in [6, 6.07) is 12.3. The Morgan fingerprint density at radius 1 is 1.06 bits per heavy atom. The lowest BCUT2D eigenvalue weighted by Crippen LogP contribution is -2.52. The fourth-order valence-electron chi connectivity index (χ4n) is 4.55. The molecule has 4 rings (SSSR count). The minimum absolute atomic E-state index is 0.128. The van der Waals surface area contributed by atoms with Crippen molar-refractivity contribution in [1.29, 1.82) is 0 Å². The Labute approximate surface area is 209 Å². The van der Waals surface area contributed by atoms with E-state index in [0.717, 1.165) is 0 Å². The molecular formula is C27H30N4O5. The molecule has 0 aliphatic carbocycles. The lowest BCUT2D eigenvalue weighted by atomic mass is 9.91. The minimum Gasteiger partial charge on any atom is -0.341 e. The summed E-state index contributed by atoms with van der Waals surface area (Å²) < 4.78 is 0. The van der Waals surface area contributed by atoms with E-state index in [4.69, 9.17) is 0 Å². The molecule has 1 fully saturated rings. The number of carbonyl (C=O) groups is 5. The standard InChI is InChI=1S/C27H30N4O5/c1-27(2,3)14-22(33)29-23(16-8-5-4-6-9-16)25(35)28-19-11-7-10-17-18(19)15-31(26(17)36)20-12-13-21(32)30-24(20)34/h4-11,20,23H,12-15H2,1-3H3,(H,28,35)(H,29,33)(H,30,32,34)/t20?,23-/m0/s1. The summed E-state index contributed by atoms with van der Waals surface area (Å²) in [5.41, 5.74) is 1.80. The van der Waals surface area contributed by atoms with E-state index in [2.05, 4.69) is 16.0 Å². The number of carbonyl (C=O) groups excluding carboxylic acids is 5. The van der Waals surface area contributed by atoms with Gasteiger partial charge in [0.2, 0.25) is 17.7 Å². The third-order valence-electron chi connectivity index (χ3n) is 6.23. The third kappa shape index (κ3) is 5.45. The van der Waals surface area contributed by atoms with Crippen LogP contribution in [0.2, 0.25) is 0 Å². The molecule has 2 aromatic rings. The molecule has 2 aromatic carbocycles. The van der Waals surface area contributed by atoms with Crippen LogP contribution in [0.4, 0.5) is 5.69 Å². The molecule has 2 heterocycles. The predicted molar refractivity (Wildman–Crippen MR) is 133 cm³/mol. The highest BCUT2D eigenvalue weighted by atomic mass is 16.2. The van der Waals surface area contributed by atoms with Gasteiger partial charge >= 0.3 is 0 Å². The number of piperidine rings is 1. The first-order valence-electron chi connectivity index (χ1n) is 12.0. The highest BCUT2D eigenvalue weighted by molar-refractivity contribution is 6.07. The van der Waals surface area contributed by atoms with Gasteiger partial charge in [-0.15, -0.1) is 0 Å². The highest BCUT2D eigenvalue weighted by Gasteiger charge is 2.40. The molecule has 0 spiro atoms. The van der Waals surface area contributed by atoms with Crippen LogP contribution in [0.3, 0.4) is 0 Å². The zero-order chi connectivity index (χ0) is 26.0. The van der Waals surface area contributed by atoms with Crippen LogP contribution in [0.25, 0.3) is 0 Å². The molecule has 0 saturated carbocycles. The Morgan fingerprint density at radius 3 is 2.44 bits per heavy atom. The topological polar surface area (TPSA) is 125 Å². The predicted octanol–water partition coefficient (Wildman–Crippen LogP) is 2.68. The summed E-state index contributed by atoms with van der Waals surface area (Å²) in [6.07, 6.45) is 0.662. The lowest BCUT2D eigenvalue weighted by Gasteiger charge is -2.29. The van der Waals surface area contributed by atoms with Crippen molar-refractivity contribution >= 4 is 35.2 Å². The lowest BCUT2D eigenvalue weighted by molar-refractivity contribution is -0.137. The summed E-state index contributed by atoms with van der Waals surface area (Å²) in [5, 5.41) is 8.01. The molecule has 3 N–H and O–H groups in total. The number of nitrogens with one attached hydrogen (secondary N) is 3. The van der Waals surface area contributed by atoms with Gasteiger partial charge in [-0.25, -0.2) is 0 Å². The number of amides is 5. The van der Waals surface area contributed by atoms with E-state index >= 15 is 0 Å². The SMILES string of the molecule is CC(C)(C)CC(=O)N[C@H](C(=O)Nc1cccc2c1CN(C1CCC(=O)NC1=O)C2=O)c1ccccc1. The smallest absolute Gasteiger partial charge is 0.255 e. The quantitative estimate of drug-likeness (QED) is 0.537. The van der Waals surface area contributed by atoms with Crippen molar-refractivity contribution in [2.24, 2.45) is 5.41 Å². The zero-order valence-electron chi connectivity index (χ0n) is 20.6. The van der Waals surface area contributed by atoms with Crippen LogP contribution in [0.15, 0.2) is 48.5 Å². The van der Waals surface area contributed by atoms with E-state index in [1.807, 2.05) is 26.8 Å². The summed E-state index contributed by atoms with van der Waals surface area (Å²) in [7, 11) is 0. The molecule has 2 aliphatic heterocycles. The summed E-state index contributed by atoms with van der Waals surface area (Å²) >= 11 is 0. The number of imide groups is 1. The van der Waals surface area contributed by atoms with Crippen molar-refractivity contribution in [3.05, 3.63) is 65.2 Å². The fraction of sp³-hybridized carbons (Fsp3) is 0.370. The van der Waals surface area contributed by atoms with E-state index in [1.54, 1.807) is 42.5 Å². The maximum Gasteiger partial charge on any atom is 0.255 e. The van der Waals surface area contributed by atoms with Crippen LogP contribution >= 0.6 is 0 Å². The number of hydrogen-bond donors (Lipinski definition) is 3. The molecular weight excluding hydrogens is 460 g/mol. The van der Waals surface area contributed by atoms with Gasteiger partial charge in [0.05, 0.1) is 0 Å². The molecule has 5 amide bonds. The first-order chi connectivity index (χ1) is 17.0. The van der Waals surface area contributed by atoms with Gasteiger partial charge in [0.25, 0.3) is 11.8 Å². The first kappa shape index (κ1) is 25.1. The average molecular weight is 491 g/mol. The second-order valence-corrected chi connectivity index (χ2v) is 10.4. The van der Waals surface area contributed by atoms with Crippen molar-refractivity contribution in [3.63, 3.8) is 0 Å². The number of fused-ring (bicyclic) bond motifs is 1. The summed E-state index contributed by atoms with van der Waals surface area (Å²) in [6.45, 7) is 5.97. The molecule has 2 atom stereocenters. The van der Waals surface area contributed by atoms with Crippen molar-refractivity contribution in [2.45, 2.75) is 58.7 Å². The number of nitrogens with zero attached hydrogens (tertiary/aromatic N) is 1. The van der Waals surface area contributed by atoms with E-state index in [-0.39, 0.29) is 48.9 Å². The Balaban J connectivity index is 1.56. The van der Waals surface area contributed by atoms with Crippen LogP contribution in [0, 0.1) is 5.41 Å². The van der Waals surface area contributed by atoms with E-state index in [1.165, 1.54) is 4.90 Å². The maximum atomic E-state index is 13.4. The van der Waals surface area contributed by atoms with Gasteiger partial charge in [-0.3, -0.25) is 29.3 Å². The molecule has 0 bridgehead atoms. The van der Waals surface area contributed by atoms with Gasteiger partial charge in [0, 0.05) is 36.2 Å². The molecule has 1 unspecified atom stereocenters. The van der Waals surface area contributed by atoms with Crippen LogP contribution in [0.5, 0.6) is 0 Å². The summed E-state index contributed by atoms with van der Waals surface area (Å²) in [4.78, 5) is 64.5. The third-order valence-corrected chi connectivity index (χ3v) is 6.23. The Morgan fingerprint density at radius 2 is 1.78 bits per heavy atom. The first-order valence-corrected chi connectivity index (χ1v) is 12.0. The van der Waals surface area contributed by atoms with Crippen molar-refractivity contribution in [3.8, 4) is 0 Å². The van der Waals surface area contributed by atoms with Gasteiger partial charge < -0.3 is 15.5 Å². The van der Waals surface area contributed by atoms with Gasteiger partial charge in [-0.2, -0.15) is 0 Å². The number of benzene rings is 2. The number of hydrogen-bond acceptors (Lipinski definition) is 5. The zero-order valence-corrected chi connectivity index (χ0v) is 20.6. The van der Waals surface area contributed by atoms with Gasteiger partial charge in [0.1, 0.15) is 12.1 Å². The Hall–Kier alpha value is -4.01. The van der Waals surface area contributed by atoms with Crippen molar-refractivity contribution in [2.75, 3.05) is 5.32 Å². The van der Waals surface area contributed by atoms with Gasteiger partial charge in [-0.1, -0.05) is 57.2 Å². The molecule has 36 heavy (non-hydrogen) atoms. The molecule has 0 radical (unpaired) electrons. The average Bonchev–Trinajstić information content (AvgIpc) is 3.14. The monoisotopic (exact) mass is 490 g/mol. The van der Waals surface area contributed by atoms with Crippen LogP contribution in [-0.4, -0.2) is 40.5 Å². The fourth-order valence-corrected chi connectivity index (χ4v) is 4.55. The number of rotatable bonds is 6. The largest absolute Gasteiger partial charge is 0.341 e. The van der Waals surface area contributed by atoms with Crippen molar-refractivity contribution in [1.82, 2.24) is 15.5 Å². The summed E-state index contributed by atoms with van der Waals surface area (Å²) in [5.74, 6) is -1.86. The Kier molecular flexibility index (Phi) is 6.92. The maximum absolute atomic E-state index is 13.4. The molecule has 9 nitrogen and oxygen atoms in total. The Bertz CT molecular complexity index is 1220. The molecule has 2 aliphatic rings. The number of anilines is 1. The normalized spacial score (nSPS) is 18.4. The van der Waals surface area contributed by atoms with Crippen LogP contribution in [-0.2, 0) is 25.7 Å².